The Morgan fingerprint density at radius 1 is 1.23 bits per heavy atom. The van der Waals surface area contributed by atoms with E-state index in [4.69, 9.17) is 4.74 Å². The molecule has 2 aromatic carbocycles. The second kappa shape index (κ2) is 5.57. The summed E-state index contributed by atoms with van der Waals surface area (Å²) in [5.74, 6) is -1.89. The number of carboxylic acids is 1. The molecule has 6 nitrogen and oxygen atoms in total. The summed E-state index contributed by atoms with van der Waals surface area (Å²) >= 11 is 0. The van der Waals surface area contributed by atoms with Crippen LogP contribution in [0.2, 0.25) is 0 Å². The summed E-state index contributed by atoms with van der Waals surface area (Å²) in [6, 6.07) is 13.4. The predicted molar refractivity (Wildman–Crippen MR) is 77.4 cm³/mol. The minimum Gasteiger partial charge on any atom is -0.481 e. The summed E-state index contributed by atoms with van der Waals surface area (Å²) in [6.45, 7) is 0.153. The predicted octanol–water partition coefficient (Wildman–Crippen LogP) is 3.03. The second-order valence-electron chi connectivity index (χ2n) is 5.10. The lowest BCUT2D eigenvalue weighted by Gasteiger charge is -2.31. The van der Waals surface area contributed by atoms with Gasteiger partial charge in [-0.05, 0) is 16.7 Å². The van der Waals surface area contributed by atoms with Crippen LogP contribution >= 0.6 is 0 Å². The van der Waals surface area contributed by atoms with Crippen LogP contribution in [0.1, 0.15) is 28.7 Å². The summed E-state index contributed by atoms with van der Waals surface area (Å²) in [4.78, 5) is 22.0. The molecule has 112 valence electrons. The van der Waals surface area contributed by atoms with Crippen molar-refractivity contribution in [1.29, 1.82) is 0 Å². The number of nitro groups is 1. The maximum atomic E-state index is 11.7. The number of hydrogen-bond donors (Lipinski definition) is 1. The Labute approximate surface area is 126 Å². The van der Waals surface area contributed by atoms with Gasteiger partial charge in [0.15, 0.2) is 0 Å². The van der Waals surface area contributed by atoms with Gasteiger partial charge >= 0.3 is 5.97 Å². The maximum Gasteiger partial charge on any atom is 0.314 e. The smallest absolute Gasteiger partial charge is 0.314 e. The number of ether oxygens (including phenoxy) is 1. The lowest BCUT2D eigenvalue weighted by atomic mass is 9.84. The van der Waals surface area contributed by atoms with Crippen molar-refractivity contribution in [2.45, 2.75) is 18.6 Å². The van der Waals surface area contributed by atoms with Crippen molar-refractivity contribution in [3.05, 3.63) is 75.3 Å². The number of carboxylic acid groups (broad SMARTS) is 1. The second-order valence-corrected chi connectivity index (χ2v) is 5.10. The third kappa shape index (κ3) is 2.44. The molecular weight excluding hydrogens is 286 g/mol. The van der Waals surface area contributed by atoms with Gasteiger partial charge in [0, 0.05) is 12.1 Å². The monoisotopic (exact) mass is 299 g/mol. The van der Waals surface area contributed by atoms with Gasteiger partial charge in [-0.2, -0.15) is 0 Å². The molecule has 2 atom stereocenters. The third-order valence-corrected chi connectivity index (χ3v) is 3.79. The highest BCUT2D eigenvalue weighted by molar-refractivity contribution is 5.78. The van der Waals surface area contributed by atoms with Gasteiger partial charge in [0.05, 0.1) is 11.5 Å². The molecule has 2 aromatic rings. The number of nitrogens with zero attached hydrogens (tertiary/aromatic N) is 1. The molecule has 3 rings (SSSR count). The standard InChI is InChI=1S/C16H13NO5/c18-16(19)14-13-7-6-12(17(20)21)8-11(13)9-22-15(14)10-4-2-1-3-5-10/h1-8,14-15H,9H2,(H,18,19). The molecule has 22 heavy (non-hydrogen) atoms. The average molecular weight is 299 g/mol. The highest BCUT2D eigenvalue weighted by atomic mass is 16.6. The topological polar surface area (TPSA) is 89.7 Å². The molecule has 0 spiro atoms. The van der Waals surface area contributed by atoms with Crippen molar-refractivity contribution in [1.82, 2.24) is 0 Å². The Morgan fingerprint density at radius 3 is 2.59 bits per heavy atom. The minimum atomic E-state index is -1.01. The summed E-state index contributed by atoms with van der Waals surface area (Å²) in [5.41, 5.74) is 1.83. The number of nitro benzene ring substituents is 1. The molecule has 1 aliphatic heterocycles. The Bertz CT molecular complexity index is 729. The van der Waals surface area contributed by atoms with E-state index in [9.17, 15) is 20.0 Å². The van der Waals surface area contributed by atoms with Crippen LogP contribution in [0.4, 0.5) is 5.69 Å². The van der Waals surface area contributed by atoms with Crippen molar-refractivity contribution in [2.75, 3.05) is 0 Å². The molecule has 0 amide bonds. The summed E-state index contributed by atoms with van der Waals surface area (Å²) in [7, 11) is 0. The zero-order chi connectivity index (χ0) is 15.7. The van der Waals surface area contributed by atoms with Crippen molar-refractivity contribution >= 4 is 11.7 Å². The zero-order valence-corrected chi connectivity index (χ0v) is 11.5. The minimum absolute atomic E-state index is 0.0651. The van der Waals surface area contributed by atoms with Crippen molar-refractivity contribution < 1.29 is 19.6 Å². The van der Waals surface area contributed by atoms with Gasteiger partial charge in [0.2, 0.25) is 0 Å². The Balaban J connectivity index is 2.05. The summed E-state index contributed by atoms with van der Waals surface area (Å²) in [6.07, 6.45) is -0.604. The van der Waals surface area contributed by atoms with Gasteiger partial charge < -0.3 is 9.84 Å². The molecule has 1 N–H and O–H groups in total. The van der Waals surface area contributed by atoms with Gasteiger partial charge in [0.1, 0.15) is 12.0 Å². The highest BCUT2D eigenvalue weighted by Crippen LogP contribution is 2.41. The molecule has 6 heteroatoms. The first-order valence-electron chi connectivity index (χ1n) is 6.74. The van der Waals surface area contributed by atoms with Crippen LogP contribution in [0.3, 0.4) is 0 Å². The van der Waals surface area contributed by atoms with Crippen LogP contribution in [0, 0.1) is 10.1 Å². The number of benzene rings is 2. The largest absolute Gasteiger partial charge is 0.481 e. The molecule has 0 saturated carbocycles. The lowest BCUT2D eigenvalue weighted by molar-refractivity contribution is -0.385. The summed E-state index contributed by atoms with van der Waals surface area (Å²) < 4.78 is 5.70. The number of fused-ring (bicyclic) bond motifs is 1. The molecule has 0 bridgehead atoms. The van der Waals surface area contributed by atoms with Crippen LogP contribution in [-0.4, -0.2) is 16.0 Å². The zero-order valence-electron chi connectivity index (χ0n) is 11.5. The van der Waals surface area contributed by atoms with E-state index in [-0.39, 0.29) is 12.3 Å². The van der Waals surface area contributed by atoms with E-state index in [2.05, 4.69) is 0 Å². The fourth-order valence-electron chi connectivity index (χ4n) is 2.77. The SMILES string of the molecule is O=C(O)C1c2ccc([N+](=O)[O-])cc2COC1c1ccccc1. The lowest BCUT2D eigenvalue weighted by Crippen LogP contribution is -2.27. The molecule has 1 heterocycles. The first kappa shape index (κ1) is 14.2. The Hall–Kier alpha value is -2.73. The van der Waals surface area contributed by atoms with Crippen LogP contribution in [0.25, 0.3) is 0 Å². The summed E-state index contributed by atoms with van der Waals surface area (Å²) in [5, 5.41) is 20.4. The normalized spacial score (nSPS) is 20.2. The number of aliphatic carboxylic acids is 1. The van der Waals surface area contributed by atoms with E-state index in [1.54, 1.807) is 0 Å². The van der Waals surface area contributed by atoms with E-state index >= 15 is 0 Å². The molecule has 1 aliphatic rings. The number of rotatable bonds is 3. The van der Waals surface area contributed by atoms with Crippen LogP contribution in [0.15, 0.2) is 48.5 Å². The van der Waals surface area contributed by atoms with E-state index in [0.717, 1.165) is 5.56 Å². The molecule has 0 saturated heterocycles. The van der Waals surface area contributed by atoms with Crippen molar-refractivity contribution in [3.8, 4) is 0 Å². The number of carbonyl (C=O) groups is 1. The van der Waals surface area contributed by atoms with E-state index in [0.29, 0.717) is 11.1 Å². The van der Waals surface area contributed by atoms with Crippen LogP contribution in [-0.2, 0) is 16.1 Å². The van der Waals surface area contributed by atoms with Gasteiger partial charge in [-0.1, -0.05) is 36.4 Å². The first-order chi connectivity index (χ1) is 10.6. The first-order valence-corrected chi connectivity index (χ1v) is 6.74. The fourth-order valence-corrected chi connectivity index (χ4v) is 2.77. The maximum absolute atomic E-state index is 11.7. The average Bonchev–Trinajstić information content (AvgIpc) is 2.53. The fraction of sp³-hybridized carbons (Fsp3) is 0.188. The molecule has 0 aromatic heterocycles. The van der Waals surface area contributed by atoms with E-state index in [1.165, 1.54) is 18.2 Å². The van der Waals surface area contributed by atoms with Crippen molar-refractivity contribution in [3.63, 3.8) is 0 Å². The van der Waals surface area contributed by atoms with Gasteiger partial charge in [-0.15, -0.1) is 0 Å². The van der Waals surface area contributed by atoms with Gasteiger partial charge in [-0.3, -0.25) is 14.9 Å². The van der Waals surface area contributed by atoms with Gasteiger partial charge in [-0.25, -0.2) is 0 Å². The molecule has 0 fully saturated rings. The molecule has 0 aliphatic carbocycles. The van der Waals surface area contributed by atoms with Gasteiger partial charge in [0.25, 0.3) is 5.69 Å². The highest BCUT2D eigenvalue weighted by Gasteiger charge is 2.37. The Kier molecular flexibility index (Phi) is 3.60. The Morgan fingerprint density at radius 2 is 1.95 bits per heavy atom. The molecular formula is C16H13NO5. The molecule has 2 unspecified atom stereocenters. The third-order valence-electron chi connectivity index (χ3n) is 3.79. The van der Waals surface area contributed by atoms with Crippen LogP contribution in [0.5, 0.6) is 0 Å². The number of hydrogen-bond acceptors (Lipinski definition) is 4. The van der Waals surface area contributed by atoms with E-state index in [1.807, 2.05) is 30.3 Å². The quantitative estimate of drug-likeness (QED) is 0.695. The molecule has 0 radical (unpaired) electrons. The van der Waals surface area contributed by atoms with Crippen molar-refractivity contribution in [2.24, 2.45) is 0 Å². The number of non-ortho nitro benzene ring substituents is 1. The van der Waals surface area contributed by atoms with E-state index < -0.39 is 22.9 Å². The van der Waals surface area contributed by atoms with Crippen LogP contribution < -0.4 is 0 Å².